The van der Waals surface area contributed by atoms with E-state index in [1.54, 1.807) is 6.07 Å². The maximum Gasteiger partial charge on any atom is 0.339 e. The number of hydrogen-bond donors (Lipinski definition) is 1. The van der Waals surface area contributed by atoms with E-state index >= 15 is 0 Å². The summed E-state index contributed by atoms with van der Waals surface area (Å²) in [6.07, 6.45) is 2.28. The first kappa shape index (κ1) is 19.6. The zero-order valence-electron chi connectivity index (χ0n) is 15.6. The van der Waals surface area contributed by atoms with Crippen LogP contribution in [0.5, 0.6) is 5.75 Å². The lowest BCUT2D eigenvalue weighted by Crippen LogP contribution is -2.22. The van der Waals surface area contributed by atoms with Gasteiger partial charge in [0, 0.05) is 43.0 Å². The summed E-state index contributed by atoms with van der Waals surface area (Å²) in [7, 11) is -4.04. The molecule has 27 heavy (non-hydrogen) atoms. The molecule has 2 aromatic carbocycles. The third-order valence-electron chi connectivity index (χ3n) is 4.64. The lowest BCUT2D eigenvalue weighted by molar-refractivity contribution is 0.480. The van der Waals surface area contributed by atoms with Gasteiger partial charge in [-0.3, -0.25) is 0 Å². The highest BCUT2D eigenvalue weighted by Gasteiger charge is 2.23. The quantitative estimate of drug-likeness (QED) is 0.660. The van der Waals surface area contributed by atoms with E-state index in [2.05, 4.69) is 10.2 Å². The first-order chi connectivity index (χ1) is 12.9. The maximum absolute atomic E-state index is 13.1. The summed E-state index contributed by atoms with van der Waals surface area (Å²) in [5.41, 5.74) is 1.68. The predicted molar refractivity (Wildman–Crippen MR) is 104 cm³/mol. The van der Waals surface area contributed by atoms with Gasteiger partial charge in [0.25, 0.3) is 0 Å². The second-order valence-electron chi connectivity index (χ2n) is 6.61. The Labute approximate surface area is 160 Å². The number of halogens is 1. The molecule has 3 rings (SSSR count). The van der Waals surface area contributed by atoms with Crippen molar-refractivity contribution >= 4 is 15.8 Å². The predicted octanol–water partition coefficient (Wildman–Crippen LogP) is 3.69. The van der Waals surface area contributed by atoms with Gasteiger partial charge in [-0.2, -0.15) is 8.42 Å². The second-order valence-corrected chi connectivity index (χ2v) is 8.16. The first-order valence-electron chi connectivity index (χ1n) is 9.24. The molecule has 1 aliphatic carbocycles. The molecule has 1 fully saturated rings. The van der Waals surface area contributed by atoms with Gasteiger partial charge in [-0.05, 0) is 57.0 Å². The van der Waals surface area contributed by atoms with Crippen LogP contribution < -0.4 is 14.4 Å². The van der Waals surface area contributed by atoms with Crippen molar-refractivity contribution in [2.75, 3.05) is 18.0 Å². The van der Waals surface area contributed by atoms with Crippen LogP contribution in [0.2, 0.25) is 0 Å². The fourth-order valence-corrected chi connectivity index (χ4v) is 3.82. The minimum absolute atomic E-state index is 0.0711. The monoisotopic (exact) mass is 392 g/mol. The largest absolute Gasteiger partial charge is 0.379 e. The Balaban J connectivity index is 1.91. The van der Waals surface area contributed by atoms with E-state index in [0.717, 1.165) is 49.3 Å². The van der Waals surface area contributed by atoms with Crippen LogP contribution in [0, 0.1) is 5.82 Å². The standard InChI is InChI=1S/C20H25FN2O3S/c1-3-23(4-2)18-10-5-15(14-22-17-8-9-17)20(13-18)26-27(24,25)19-11-6-16(21)7-12-19/h5-7,10-13,17,22H,3-4,8-9,14H2,1-2H3. The summed E-state index contributed by atoms with van der Waals surface area (Å²) in [5, 5.41) is 3.38. The van der Waals surface area contributed by atoms with Gasteiger partial charge in [0.2, 0.25) is 0 Å². The molecule has 1 saturated carbocycles. The molecule has 0 heterocycles. The van der Waals surface area contributed by atoms with E-state index in [1.165, 1.54) is 12.1 Å². The molecule has 0 radical (unpaired) electrons. The molecule has 1 N–H and O–H groups in total. The smallest absolute Gasteiger partial charge is 0.339 e. The molecule has 1 aliphatic rings. The topological polar surface area (TPSA) is 58.6 Å². The van der Waals surface area contributed by atoms with Gasteiger partial charge >= 0.3 is 10.1 Å². The Morgan fingerprint density at radius 2 is 1.78 bits per heavy atom. The van der Waals surface area contributed by atoms with E-state index in [0.29, 0.717) is 18.3 Å². The molecule has 5 nitrogen and oxygen atoms in total. The summed E-state index contributed by atoms with van der Waals surface area (Å²) in [6, 6.07) is 10.8. The van der Waals surface area contributed by atoms with Crippen LogP contribution in [0.3, 0.4) is 0 Å². The Kier molecular flexibility index (Phi) is 6.01. The van der Waals surface area contributed by atoms with Crippen LogP contribution in [-0.2, 0) is 16.7 Å². The zero-order valence-corrected chi connectivity index (χ0v) is 16.4. The summed E-state index contributed by atoms with van der Waals surface area (Å²) in [6.45, 7) is 6.24. The summed E-state index contributed by atoms with van der Waals surface area (Å²) in [4.78, 5) is 2.05. The van der Waals surface area contributed by atoms with Crippen LogP contribution in [-0.4, -0.2) is 27.5 Å². The van der Waals surface area contributed by atoms with Crippen LogP contribution in [0.1, 0.15) is 32.3 Å². The fourth-order valence-electron chi connectivity index (χ4n) is 2.86. The Morgan fingerprint density at radius 1 is 1.11 bits per heavy atom. The minimum atomic E-state index is -4.04. The van der Waals surface area contributed by atoms with Crippen molar-refractivity contribution in [2.45, 2.75) is 44.2 Å². The highest BCUT2D eigenvalue weighted by Crippen LogP contribution is 2.30. The van der Waals surface area contributed by atoms with Crippen molar-refractivity contribution in [3.63, 3.8) is 0 Å². The molecule has 0 aliphatic heterocycles. The second kappa shape index (κ2) is 8.27. The van der Waals surface area contributed by atoms with Crippen molar-refractivity contribution in [3.05, 3.63) is 53.8 Å². The van der Waals surface area contributed by atoms with E-state index in [-0.39, 0.29) is 4.90 Å². The lowest BCUT2D eigenvalue weighted by atomic mass is 10.1. The van der Waals surface area contributed by atoms with Crippen molar-refractivity contribution in [1.82, 2.24) is 5.32 Å². The summed E-state index contributed by atoms with van der Waals surface area (Å²) >= 11 is 0. The van der Waals surface area contributed by atoms with Crippen LogP contribution in [0.25, 0.3) is 0 Å². The van der Waals surface area contributed by atoms with Gasteiger partial charge in [-0.1, -0.05) is 6.07 Å². The van der Waals surface area contributed by atoms with Gasteiger partial charge < -0.3 is 14.4 Å². The third-order valence-corrected chi connectivity index (χ3v) is 5.89. The van der Waals surface area contributed by atoms with Crippen LogP contribution in [0.15, 0.2) is 47.4 Å². The SMILES string of the molecule is CCN(CC)c1ccc(CNC2CC2)c(OS(=O)(=O)c2ccc(F)cc2)c1. The van der Waals surface area contributed by atoms with Gasteiger partial charge in [0.05, 0.1) is 0 Å². The van der Waals surface area contributed by atoms with Gasteiger partial charge in [-0.15, -0.1) is 0 Å². The molecule has 0 bridgehead atoms. The van der Waals surface area contributed by atoms with Crippen molar-refractivity contribution in [2.24, 2.45) is 0 Å². The van der Waals surface area contributed by atoms with Crippen LogP contribution >= 0.6 is 0 Å². The number of rotatable bonds is 9. The van der Waals surface area contributed by atoms with Gasteiger partial charge in [-0.25, -0.2) is 4.39 Å². The van der Waals surface area contributed by atoms with E-state index in [4.69, 9.17) is 4.18 Å². The van der Waals surface area contributed by atoms with Crippen molar-refractivity contribution in [3.8, 4) is 5.75 Å². The van der Waals surface area contributed by atoms with Gasteiger partial charge in [0.15, 0.2) is 0 Å². The Morgan fingerprint density at radius 3 is 2.37 bits per heavy atom. The molecule has 0 aromatic heterocycles. The molecule has 2 aromatic rings. The first-order valence-corrected chi connectivity index (χ1v) is 10.6. The zero-order chi connectivity index (χ0) is 19.4. The minimum Gasteiger partial charge on any atom is -0.379 e. The summed E-state index contributed by atoms with van der Waals surface area (Å²) < 4.78 is 43.9. The molecule has 146 valence electrons. The molecule has 0 saturated heterocycles. The van der Waals surface area contributed by atoms with E-state index < -0.39 is 15.9 Å². The van der Waals surface area contributed by atoms with Crippen molar-refractivity contribution in [1.29, 1.82) is 0 Å². The normalized spacial score (nSPS) is 14.2. The van der Waals surface area contributed by atoms with Crippen molar-refractivity contribution < 1.29 is 17.0 Å². The molecule has 0 unspecified atom stereocenters. The Bertz CT molecular complexity index is 877. The fraction of sp³-hybridized carbons (Fsp3) is 0.400. The molecule has 0 atom stereocenters. The molecule has 0 spiro atoms. The number of benzene rings is 2. The van der Waals surface area contributed by atoms with E-state index in [9.17, 15) is 12.8 Å². The molecule has 7 heteroatoms. The average Bonchev–Trinajstić information content (AvgIpc) is 3.46. The third kappa shape index (κ3) is 4.99. The maximum atomic E-state index is 13.1. The van der Waals surface area contributed by atoms with Gasteiger partial charge in [0.1, 0.15) is 16.5 Å². The Hall–Kier alpha value is -2.12. The number of nitrogens with one attached hydrogen (secondary N) is 1. The summed E-state index contributed by atoms with van der Waals surface area (Å²) in [5.74, 6) is -0.191. The molecule has 0 amide bonds. The number of nitrogens with zero attached hydrogens (tertiary/aromatic N) is 1. The van der Waals surface area contributed by atoms with Crippen LogP contribution in [0.4, 0.5) is 10.1 Å². The molecular formula is C20H25FN2O3S. The number of hydrogen-bond acceptors (Lipinski definition) is 5. The average molecular weight is 392 g/mol. The highest BCUT2D eigenvalue weighted by molar-refractivity contribution is 7.87. The van der Waals surface area contributed by atoms with E-state index in [1.807, 2.05) is 26.0 Å². The molecular weight excluding hydrogens is 367 g/mol. The highest BCUT2D eigenvalue weighted by atomic mass is 32.2. The number of anilines is 1. The lowest BCUT2D eigenvalue weighted by Gasteiger charge is -2.22.